The summed E-state index contributed by atoms with van der Waals surface area (Å²) in [6, 6.07) is 2.50. The third-order valence-corrected chi connectivity index (χ3v) is 7.04. The van der Waals surface area contributed by atoms with Crippen LogP contribution in [0.5, 0.6) is 0 Å². The second-order valence-electron chi connectivity index (χ2n) is 4.56. The van der Waals surface area contributed by atoms with Gasteiger partial charge in [0, 0.05) is 9.35 Å². The van der Waals surface area contributed by atoms with Crippen molar-refractivity contribution in [2.45, 2.75) is 32.2 Å². The van der Waals surface area contributed by atoms with Crippen LogP contribution >= 0.6 is 50.2 Å². The number of halogens is 2. The number of fused-ring (bicyclic) bond motifs is 1. The second kappa shape index (κ2) is 5.82. The third kappa shape index (κ3) is 2.76. The van der Waals surface area contributed by atoms with Gasteiger partial charge < -0.3 is 5.32 Å². The molecule has 1 unspecified atom stereocenters. The Kier molecular flexibility index (Phi) is 4.29. The molecule has 19 heavy (non-hydrogen) atoms. The number of aromatic nitrogens is 1. The van der Waals surface area contributed by atoms with Crippen LogP contribution in [-0.2, 0) is 6.42 Å². The van der Waals surface area contributed by atoms with E-state index >= 15 is 0 Å². The molecule has 2 heterocycles. The van der Waals surface area contributed by atoms with Gasteiger partial charge in [-0.3, -0.25) is 0 Å². The molecule has 1 aliphatic carbocycles. The van der Waals surface area contributed by atoms with E-state index in [1.165, 1.54) is 23.4 Å². The standard InChI is InChI=1S/C13H14BrClN2S2/c1-2-16-8-4-3-5-9-11(8)17-13(19-9)10-6-7(14)12(15)18-10/h6,8,16H,2-5H2,1H3. The molecule has 1 atom stereocenters. The summed E-state index contributed by atoms with van der Waals surface area (Å²) in [5, 5.41) is 4.64. The van der Waals surface area contributed by atoms with Crippen molar-refractivity contribution in [3.05, 3.63) is 25.4 Å². The Morgan fingerprint density at radius 3 is 3.05 bits per heavy atom. The van der Waals surface area contributed by atoms with Crippen LogP contribution in [0.25, 0.3) is 9.88 Å². The number of thiophene rings is 1. The highest BCUT2D eigenvalue weighted by Crippen LogP contribution is 2.42. The molecular weight excluding hydrogens is 364 g/mol. The molecule has 0 saturated heterocycles. The number of nitrogens with one attached hydrogen (secondary N) is 1. The molecular formula is C13H14BrClN2S2. The van der Waals surface area contributed by atoms with Crippen molar-refractivity contribution < 1.29 is 0 Å². The normalized spacial score (nSPS) is 18.6. The van der Waals surface area contributed by atoms with Gasteiger partial charge in [0.1, 0.15) is 9.34 Å². The Morgan fingerprint density at radius 1 is 1.53 bits per heavy atom. The minimum Gasteiger partial charge on any atom is -0.309 e. The lowest BCUT2D eigenvalue weighted by Gasteiger charge is -2.21. The molecule has 0 aliphatic heterocycles. The van der Waals surface area contributed by atoms with Gasteiger partial charge in [-0.15, -0.1) is 22.7 Å². The zero-order valence-electron chi connectivity index (χ0n) is 10.5. The number of nitrogens with zero attached hydrogens (tertiary/aromatic N) is 1. The van der Waals surface area contributed by atoms with E-state index in [1.807, 2.05) is 11.3 Å². The summed E-state index contributed by atoms with van der Waals surface area (Å²) >= 11 is 13.0. The summed E-state index contributed by atoms with van der Waals surface area (Å²) in [6.45, 7) is 3.14. The van der Waals surface area contributed by atoms with Gasteiger partial charge in [-0.25, -0.2) is 4.98 Å². The fourth-order valence-corrected chi connectivity index (χ4v) is 5.33. The van der Waals surface area contributed by atoms with E-state index in [4.69, 9.17) is 16.6 Å². The van der Waals surface area contributed by atoms with E-state index < -0.39 is 0 Å². The molecule has 2 aromatic rings. The summed E-state index contributed by atoms with van der Waals surface area (Å²) in [5.74, 6) is 0. The summed E-state index contributed by atoms with van der Waals surface area (Å²) in [4.78, 5) is 7.46. The molecule has 1 aliphatic rings. The maximum atomic E-state index is 6.12. The van der Waals surface area contributed by atoms with Crippen LogP contribution in [0.4, 0.5) is 0 Å². The number of thiazole rings is 1. The van der Waals surface area contributed by atoms with Crippen LogP contribution in [0.2, 0.25) is 4.34 Å². The molecule has 6 heteroatoms. The lowest BCUT2D eigenvalue weighted by atomic mass is 9.98. The van der Waals surface area contributed by atoms with E-state index in [-0.39, 0.29) is 0 Å². The van der Waals surface area contributed by atoms with Crippen molar-refractivity contribution in [3.8, 4) is 9.88 Å². The SMILES string of the molecule is CCNC1CCCc2sc(-c3cc(Br)c(Cl)s3)nc21. The maximum Gasteiger partial charge on any atom is 0.134 e. The molecule has 2 nitrogen and oxygen atoms in total. The topological polar surface area (TPSA) is 24.9 Å². The Balaban J connectivity index is 1.97. The van der Waals surface area contributed by atoms with Gasteiger partial charge >= 0.3 is 0 Å². The van der Waals surface area contributed by atoms with Crippen molar-refractivity contribution in [1.82, 2.24) is 10.3 Å². The van der Waals surface area contributed by atoms with Crippen LogP contribution in [0.3, 0.4) is 0 Å². The lowest BCUT2D eigenvalue weighted by molar-refractivity contribution is 0.465. The van der Waals surface area contributed by atoms with E-state index in [9.17, 15) is 0 Å². The quantitative estimate of drug-likeness (QED) is 0.787. The highest BCUT2D eigenvalue weighted by Gasteiger charge is 2.25. The lowest BCUT2D eigenvalue weighted by Crippen LogP contribution is -2.24. The Labute approximate surface area is 134 Å². The van der Waals surface area contributed by atoms with Gasteiger partial charge in [0.15, 0.2) is 0 Å². The van der Waals surface area contributed by atoms with Crippen molar-refractivity contribution in [1.29, 1.82) is 0 Å². The molecule has 102 valence electrons. The van der Waals surface area contributed by atoms with E-state index in [1.54, 1.807) is 11.3 Å². The second-order valence-corrected chi connectivity index (χ2v) is 8.15. The van der Waals surface area contributed by atoms with Gasteiger partial charge in [0.25, 0.3) is 0 Å². The molecule has 3 rings (SSSR count). The van der Waals surface area contributed by atoms with Crippen molar-refractivity contribution >= 4 is 50.2 Å². The number of rotatable bonds is 3. The van der Waals surface area contributed by atoms with E-state index in [0.717, 1.165) is 31.7 Å². The first-order chi connectivity index (χ1) is 9.19. The summed E-state index contributed by atoms with van der Waals surface area (Å²) in [6.07, 6.45) is 3.61. The molecule has 0 radical (unpaired) electrons. The van der Waals surface area contributed by atoms with Gasteiger partial charge in [-0.05, 0) is 47.8 Å². The van der Waals surface area contributed by atoms with Crippen LogP contribution < -0.4 is 5.32 Å². The van der Waals surface area contributed by atoms with Gasteiger partial charge in [0.05, 0.1) is 16.6 Å². The minimum atomic E-state index is 0.428. The molecule has 0 amide bonds. The average Bonchev–Trinajstić information content (AvgIpc) is 2.95. The minimum absolute atomic E-state index is 0.428. The van der Waals surface area contributed by atoms with E-state index in [2.05, 4.69) is 34.2 Å². The molecule has 0 saturated carbocycles. The monoisotopic (exact) mass is 376 g/mol. The average molecular weight is 378 g/mol. The molecule has 1 N–H and O–H groups in total. The highest BCUT2D eigenvalue weighted by atomic mass is 79.9. The van der Waals surface area contributed by atoms with Crippen LogP contribution in [0.15, 0.2) is 10.5 Å². The summed E-state index contributed by atoms with van der Waals surface area (Å²) in [5.41, 5.74) is 1.26. The molecule has 2 aromatic heterocycles. The van der Waals surface area contributed by atoms with Crippen LogP contribution in [0, 0.1) is 0 Å². The van der Waals surface area contributed by atoms with Crippen molar-refractivity contribution in [2.75, 3.05) is 6.54 Å². The van der Waals surface area contributed by atoms with E-state index in [0.29, 0.717) is 6.04 Å². The highest BCUT2D eigenvalue weighted by molar-refractivity contribution is 9.10. The Hall–Kier alpha value is 0.0600. The smallest absolute Gasteiger partial charge is 0.134 e. The molecule has 0 aromatic carbocycles. The van der Waals surface area contributed by atoms with Gasteiger partial charge in [-0.2, -0.15) is 0 Å². The predicted molar refractivity (Wildman–Crippen MR) is 87.5 cm³/mol. The Morgan fingerprint density at radius 2 is 2.37 bits per heavy atom. The number of hydrogen-bond acceptors (Lipinski definition) is 4. The third-order valence-electron chi connectivity index (χ3n) is 3.26. The van der Waals surface area contributed by atoms with Gasteiger partial charge in [-0.1, -0.05) is 18.5 Å². The predicted octanol–water partition coefficient (Wildman–Crippen LogP) is 5.27. The maximum absolute atomic E-state index is 6.12. The first kappa shape index (κ1) is 14.0. The van der Waals surface area contributed by atoms with Gasteiger partial charge in [0.2, 0.25) is 0 Å². The largest absolute Gasteiger partial charge is 0.309 e. The van der Waals surface area contributed by atoms with Crippen LogP contribution in [0.1, 0.15) is 36.4 Å². The van der Waals surface area contributed by atoms with Crippen LogP contribution in [-0.4, -0.2) is 11.5 Å². The molecule has 0 fully saturated rings. The molecule has 0 bridgehead atoms. The van der Waals surface area contributed by atoms with Crippen molar-refractivity contribution in [3.63, 3.8) is 0 Å². The summed E-state index contributed by atoms with van der Waals surface area (Å²) < 4.78 is 1.76. The Bertz CT molecular complexity index is 574. The zero-order valence-corrected chi connectivity index (χ0v) is 14.5. The molecule has 0 spiro atoms. The first-order valence-electron chi connectivity index (χ1n) is 6.37. The summed E-state index contributed by atoms with van der Waals surface area (Å²) in [7, 11) is 0. The zero-order chi connectivity index (χ0) is 13.4. The number of hydrogen-bond donors (Lipinski definition) is 1. The fraction of sp³-hybridized carbons (Fsp3) is 0.462. The van der Waals surface area contributed by atoms with Crippen molar-refractivity contribution in [2.24, 2.45) is 0 Å². The fourth-order valence-electron chi connectivity index (χ4n) is 2.42. The number of aryl methyl sites for hydroxylation is 1. The first-order valence-corrected chi connectivity index (χ1v) is 9.17.